The van der Waals surface area contributed by atoms with Crippen LogP contribution in [0.4, 0.5) is 0 Å². The molecule has 0 radical (unpaired) electrons. The Hall–Kier alpha value is -3.51. The van der Waals surface area contributed by atoms with E-state index in [4.69, 9.17) is 10.2 Å². The van der Waals surface area contributed by atoms with Crippen molar-refractivity contribution in [2.24, 2.45) is 5.10 Å². The molecule has 0 saturated carbocycles. The maximum atomic E-state index is 12.5. The van der Waals surface area contributed by atoms with Crippen LogP contribution in [-0.2, 0) is 4.79 Å². The summed E-state index contributed by atoms with van der Waals surface area (Å²) in [6.45, 7) is 3.64. The van der Waals surface area contributed by atoms with Gasteiger partial charge in [0.2, 0.25) is 5.91 Å². The summed E-state index contributed by atoms with van der Waals surface area (Å²) in [5, 5.41) is 13.3. The number of carbonyl (C=O) groups excluding carboxylic acids is 1. The lowest BCUT2D eigenvalue weighted by Crippen LogP contribution is -2.24. The van der Waals surface area contributed by atoms with Crippen molar-refractivity contribution in [1.82, 2.24) is 14.8 Å². The zero-order chi connectivity index (χ0) is 21.4. The molecule has 5 rings (SSSR count). The van der Waals surface area contributed by atoms with E-state index in [1.54, 1.807) is 23.3 Å². The molecule has 0 N–H and O–H groups in total. The summed E-state index contributed by atoms with van der Waals surface area (Å²) < 4.78 is 1.90. The Balaban J connectivity index is 1.59. The standard InChI is InChI=1S/C25H22N4OS/c1-17-10-12-19(13-11-17)22-15-23(29(26-22)18(2)30)21-16-28(20-7-4-3-5-8-20)27-25(21)24-9-6-14-31-24/h3-14,16,23H,15H2,1-2H3/t23-/m1/s1. The van der Waals surface area contributed by atoms with Gasteiger partial charge in [0.25, 0.3) is 0 Å². The number of hydrazone groups is 1. The number of hydrogen-bond acceptors (Lipinski definition) is 4. The molecule has 5 nitrogen and oxygen atoms in total. The van der Waals surface area contributed by atoms with Crippen LogP contribution in [0.25, 0.3) is 16.3 Å². The number of para-hydroxylation sites is 1. The third-order valence-electron chi connectivity index (χ3n) is 5.49. The summed E-state index contributed by atoms with van der Waals surface area (Å²) in [6.07, 6.45) is 2.69. The minimum absolute atomic E-state index is 0.0725. The van der Waals surface area contributed by atoms with Gasteiger partial charge in [-0.1, -0.05) is 54.1 Å². The first-order chi connectivity index (χ1) is 15.1. The molecule has 0 bridgehead atoms. The number of hydrogen-bond donors (Lipinski definition) is 0. The van der Waals surface area contributed by atoms with Crippen molar-refractivity contribution < 1.29 is 4.79 Å². The van der Waals surface area contributed by atoms with E-state index in [0.29, 0.717) is 6.42 Å². The topological polar surface area (TPSA) is 50.5 Å². The molecule has 0 spiro atoms. The fourth-order valence-corrected chi connectivity index (χ4v) is 4.64. The van der Waals surface area contributed by atoms with Crippen LogP contribution in [0, 0.1) is 6.92 Å². The van der Waals surface area contributed by atoms with Gasteiger partial charge in [-0.3, -0.25) is 4.79 Å². The van der Waals surface area contributed by atoms with E-state index < -0.39 is 0 Å². The molecule has 6 heteroatoms. The minimum atomic E-state index is -0.191. The van der Waals surface area contributed by atoms with Gasteiger partial charge in [-0.2, -0.15) is 10.2 Å². The average Bonchev–Trinajstić information content (AvgIpc) is 3.53. The van der Waals surface area contributed by atoms with Crippen molar-refractivity contribution in [1.29, 1.82) is 0 Å². The van der Waals surface area contributed by atoms with Crippen LogP contribution < -0.4 is 0 Å². The highest BCUT2D eigenvalue weighted by Crippen LogP contribution is 2.39. The lowest BCUT2D eigenvalue weighted by Gasteiger charge is -2.19. The number of nitrogens with zero attached hydrogens (tertiary/aromatic N) is 4. The number of amides is 1. The molecule has 0 saturated heterocycles. The fraction of sp³-hybridized carbons (Fsp3) is 0.160. The zero-order valence-electron chi connectivity index (χ0n) is 17.4. The molecule has 1 amide bonds. The summed E-state index contributed by atoms with van der Waals surface area (Å²) in [6, 6.07) is 22.2. The highest BCUT2D eigenvalue weighted by atomic mass is 32.1. The van der Waals surface area contributed by atoms with Crippen molar-refractivity contribution in [2.75, 3.05) is 0 Å². The third kappa shape index (κ3) is 3.70. The van der Waals surface area contributed by atoms with Crippen LogP contribution in [0.1, 0.15) is 36.1 Å². The van der Waals surface area contributed by atoms with Gasteiger partial charge < -0.3 is 0 Å². The zero-order valence-corrected chi connectivity index (χ0v) is 18.2. The Morgan fingerprint density at radius 2 is 1.81 bits per heavy atom. The minimum Gasteiger partial charge on any atom is -0.273 e. The second-order valence-electron chi connectivity index (χ2n) is 7.69. The molecule has 3 heterocycles. The molecule has 31 heavy (non-hydrogen) atoms. The summed E-state index contributed by atoms with van der Waals surface area (Å²) in [5.41, 5.74) is 6.06. The molecule has 2 aromatic carbocycles. The second-order valence-corrected chi connectivity index (χ2v) is 8.63. The Bertz CT molecular complexity index is 1240. The monoisotopic (exact) mass is 426 g/mol. The maximum absolute atomic E-state index is 12.5. The molecule has 1 atom stereocenters. The largest absolute Gasteiger partial charge is 0.273 e. The molecule has 1 aliphatic rings. The van der Waals surface area contributed by atoms with E-state index in [-0.39, 0.29) is 11.9 Å². The first kappa shape index (κ1) is 19.5. The van der Waals surface area contributed by atoms with Crippen LogP contribution >= 0.6 is 11.3 Å². The first-order valence-corrected chi connectivity index (χ1v) is 11.1. The maximum Gasteiger partial charge on any atom is 0.240 e. The van der Waals surface area contributed by atoms with Crippen LogP contribution in [0.15, 0.2) is 83.4 Å². The van der Waals surface area contributed by atoms with Crippen molar-refractivity contribution in [2.45, 2.75) is 26.3 Å². The Kier molecular flexibility index (Phi) is 5.00. The Labute approximate surface area is 185 Å². The Morgan fingerprint density at radius 1 is 1.03 bits per heavy atom. The van der Waals surface area contributed by atoms with Gasteiger partial charge >= 0.3 is 0 Å². The van der Waals surface area contributed by atoms with Gasteiger partial charge in [0.05, 0.1) is 22.3 Å². The summed E-state index contributed by atoms with van der Waals surface area (Å²) in [5.74, 6) is -0.0725. The normalized spacial score (nSPS) is 15.9. The van der Waals surface area contributed by atoms with Crippen LogP contribution in [-0.4, -0.2) is 26.4 Å². The van der Waals surface area contributed by atoms with Crippen LogP contribution in [0.3, 0.4) is 0 Å². The number of benzene rings is 2. The highest BCUT2D eigenvalue weighted by molar-refractivity contribution is 7.13. The lowest BCUT2D eigenvalue weighted by atomic mass is 9.98. The predicted molar refractivity (Wildman–Crippen MR) is 124 cm³/mol. The van der Waals surface area contributed by atoms with E-state index in [2.05, 4.69) is 37.3 Å². The lowest BCUT2D eigenvalue weighted by molar-refractivity contribution is -0.130. The van der Waals surface area contributed by atoms with Crippen LogP contribution in [0.5, 0.6) is 0 Å². The Morgan fingerprint density at radius 3 is 2.48 bits per heavy atom. The average molecular weight is 427 g/mol. The number of rotatable bonds is 4. The van der Waals surface area contributed by atoms with Crippen molar-refractivity contribution in [3.8, 4) is 16.3 Å². The molecule has 0 fully saturated rings. The number of carbonyl (C=O) groups is 1. The van der Waals surface area contributed by atoms with Gasteiger partial charge in [-0.15, -0.1) is 11.3 Å². The van der Waals surface area contributed by atoms with Crippen molar-refractivity contribution in [3.63, 3.8) is 0 Å². The number of thiophene rings is 1. The van der Waals surface area contributed by atoms with Gasteiger partial charge in [0.15, 0.2) is 0 Å². The fourth-order valence-electron chi connectivity index (χ4n) is 3.91. The number of aryl methyl sites for hydroxylation is 1. The molecule has 1 aliphatic heterocycles. The molecule has 2 aromatic heterocycles. The molecule has 154 valence electrons. The quantitative estimate of drug-likeness (QED) is 0.426. The van der Waals surface area contributed by atoms with E-state index >= 15 is 0 Å². The van der Waals surface area contributed by atoms with E-state index in [9.17, 15) is 4.79 Å². The highest BCUT2D eigenvalue weighted by Gasteiger charge is 2.34. The van der Waals surface area contributed by atoms with E-state index in [1.165, 1.54) is 5.56 Å². The van der Waals surface area contributed by atoms with Crippen molar-refractivity contribution >= 4 is 23.0 Å². The van der Waals surface area contributed by atoms with Gasteiger partial charge in [-0.05, 0) is 36.1 Å². The smallest absolute Gasteiger partial charge is 0.240 e. The van der Waals surface area contributed by atoms with Gasteiger partial charge in [0.1, 0.15) is 5.69 Å². The van der Waals surface area contributed by atoms with E-state index in [1.807, 2.05) is 52.7 Å². The SMILES string of the molecule is CC(=O)N1N=C(c2ccc(C)cc2)C[C@@H]1c1cn(-c2ccccc2)nc1-c1cccs1. The number of aromatic nitrogens is 2. The molecule has 0 unspecified atom stereocenters. The summed E-state index contributed by atoms with van der Waals surface area (Å²) in [4.78, 5) is 13.6. The molecule has 4 aromatic rings. The molecular formula is C25H22N4OS. The van der Waals surface area contributed by atoms with Gasteiger partial charge in [-0.25, -0.2) is 9.69 Å². The van der Waals surface area contributed by atoms with E-state index in [0.717, 1.165) is 33.1 Å². The third-order valence-corrected chi connectivity index (χ3v) is 6.37. The summed E-state index contributed by atoms with van der Waals surface area (Å²) in [7, 11) is 0. The predicted octanol–water partition coefficient (Wildman–Crippen LogP) is 5.61. The molecule has 0 aliphatic carbocycles. The van der Waals surface area contributed by atoms with Crippen molar-refractivity contribution in [3.05, 3.63) is 95.0 Å². The van der Waals surface area contributed by atoms with Crippen LogP contribution in [0.2, 0.25) is 0 Å². The first-order valence-electron chi connectivity index (χ1n) is 10.2. The molecular weight excluding hydrogens is 404 g/mol. The summed E-state index contributed by atoms with van der Waals surface area (Å²) >= 11 is 1.65. The van der Waals surface area contributed by atoms with Gasteiger partial charge in [0, 0.05) is 25.1 Å². The second kappa shape index (κ2) is 7.96.